The fourth-order valence-corrected chi connectivity index (χ4v) is 3.79. The molecule has 7 heteroatoms. The van der Waals surface area contributed by atoms with Gasteiger partial charge in [0.2, 0.25) is 5.82 Å². The number of hydrogen-bond donors (Lipinski definition) is 0. The van der Waals surface area contributed by atoms with E-state index < -0.39 is 0 Å². The van der Waals surface area contributed by atoms with Crippen molar-refractivity contribution < 1.29 is 4.92 Å². The molecule has 0 saturated carbocycles. The molecule has 6 nitrogen and oxygen atoms in total. The monoisotopic (exact) mass is 344 g/mol. The lowest BCUT2D eigenvalue weighted by Crippen LogP contribution is -2.38. The maximum absolute atomic E-state index is 11.7. The Morgan fingerprint density at radius 3 is 2.67 bits per heavy atom. The Bertz CT molecular complexity index is 736. The molecule has 24 heavy (non-hydrogen) atoms. The number of piperidine rings is 1. The summed E-state index contributed by atoms with van der Waals surface area (Å²) in [5.41, 5.74) is 1.16. The lowest BCUT2D eigenvalue weighted by molar-refractivity contribution is -0.387. The minimum absolute atomic E-state index is 0.0109. The van der Waals surface area contributed by atoms with E-state index in [-0.39, 0.29) is 16.7 Å². The summed E-state index contributed by atoms with van der Waals surface area (Å²) in [6.45, 7) is 4.91. The predicted octanol–water partition coefficient (Wildman–Crippen LogP) is 4.22. The maximum atomic E-state index is 11.7. The van der Waals surface area contributed by atoms with Crippen LogP contribution in [0.3, 0.4) is 0 Å². The minimum Gasteiger partial charge on any atom is -0.348 e. The number of aryl methyl sites for hydroxylation is 1. The van der Waals surface area contributed by atoms with Gasteiger partial charge in [-0.05, 0) is 45.2 Å². The smallest absolute Gasteiger partial charge is 0.343 e. The molecule has 0 N–H and O–H groups in total. The lowest BCUT2D eigenvalue weighted by atomic mass is 10.0. The zero-order valence-electron chi connectivity index (χ0n) is 13.8. The third-order valence-electron chi connectivity index (χ3n) is 4.26. The van der Waals surface area contributed by atoms with Gasteiger partial charge in [-0.25, -0.2) is 9.97 Å². The second-order valence-electron chi connectivity index (χ2n) is 6.06. The third-order valence-corrected chi connectivity index (χ3v) is 5.26. The largest absolute Gasteiger partial charge is 0.348 e. The van der Waals surface area contributed by atoms with E-state index in [0.29, 0.717) is 10.8 Å². The van der Waals surface area contributed by atoms with E-state index in [4.69, 9.17) is 0 Å². The Balaban J connectivity index is 1.98. The number of aromatic nitrogens is 2. The van der Waals surface area contributed by atoms with Crippen LogP contribution in [0, 0.1) is 17.0 Å². The fourth-order valence-electron chi connectivity index (χ4n) is 2.93. The highest BCUT2D eigenvalue weighted by Crippen LogP contribution is 2.39. The summed E-state index contributed by atoms with van der Waals surface area (Å²) in [4.78, 5) is 22.8. The molecular weight excluding hydrogens is 324 g/mol. The quantitative estimate of drug-likeness (QED) is 0.470. The molecule has 1 unspecified atom stereocenters. The van der Waals surface area contributed by atoms with Crippen LogP contribution in [-0.2, 0) is 0 Å². The summed E-state index contributed by atoms with van der Waals surface area (Å²) in [6.07, 6.45) is 4.65. The van der Waals surface area contributed by atoms with E-state index in [0.717, 1.165) is 36.3 Å². The van der Waals surface area contributed by atoms with Crippen molar-refractivity contribution in [3.05, 3.63) is 46.3 Å². The number of nitrogens with zero attached hydrogens (tertiary/aromatic N) is 4. The Morgan fingerprint density at radius 1 is 1.25 bits per heavy atom. The first kappa shape index (κ1) is 16.7. The molecular formula is C17H20N4O2S. The van der Waals surface area contributed by atoms with Gasteiger partial charge in [-0.1, -0.05) is 29.5 Å². The first-order chi connectivity index (χ1) is 11.6. The second kappa shape index (κ2) is 7.17. The second-order valence-corrected chi connectivity index (χ2v) is 7.12. The highest BCUT2D eigenvalue weighted by molar-refractivity contribution is 7.99. The van der Waals surface area contributed by atoms with Crippen LogP contribution >= 0.6 is 11.8 Å². The predicted molar refractivity (Wildman–Crippen MR) is 94.6 cm³/mol. The summed E-state index contributed by atoms with van der Waals surface area (Å²) in [6, 6.07) is 8.14. The van der Waals surface area contributed by atoms with Gasteiger partial charge in [0, 0.05) is 17.5 Å². The van der Waals surface area contributed by atoms with E-state index >= 15 is 0 Å². The molecule has 1 aliphatic heterocycles. The van der Waals surface area contributed by atoms with Gasteiger partial charge in [0.15, 0.2) is 5.03 Å². The van der Waals surface area contributed by atoms with Gasteiger partial charge >= 0.3 is 5.69 Å². The lowest BCUT2D eigenvalue weighted by Gasteiger charge is -2.33. The van der Waals surface area contributed by atoms with Crippen molar-refractivity contribution in [1.29, 1.82) is 0 Å². The number of hydrogen-bond acceptors (Lipinski definition) is 6. The summed E-state index contributed by atoms with van der Waals surface area (Å²) >= 11 is 1.31. The van der Waals surface area contributed by atoms with E-state index in [1.165, 1.54) is 18.1 Å². The number of rotatable bonds is 4. The van der Waals surface area contributed by atoms with Crippen LogP contribution < -0.4 is 4.90 Å². The standard InChI is InChI=1S/C17H20N4O2S/c1-12-6-8-14(9-7-12)24-17-15(21(22)23)16(18-11-19-17)20-10-4-3-5-13(20)2/h6-9,11,13H,3-5,10H2,1-2H3. The van der Waals surface area contributed by atoms with E-state index in [1.807, 2.05) is 36.1 Å². The number of benzene rings is 1. The highest BCUT2D eigenvalue weighted by atomic mass is 32.2. The van der Waals surface area contributed by atoms with Crippen LogP contribution in [0.15, 0.2) is 40.5 Å². The van der Waals surface area contributed by atoms with Crippen LogP contribution in [0.2, 0.25) is 0 Å². The topological polar surface area (TPSA) is 72.2 Å². The van der Waals surface area contributed by atoms with Crippen molar-refractivity contribution in [1.82, 2.24) is 9.97 Å². The normalized spacial score (nSPS) is 17.8. The van der Waals surface area contributed by atoms with Crippen molar-refractivity contribution in [2.24, 2.45) is 0 Å². The van der Waals surface area contributed by atoms with Crippen LogP contribution in [-0.4, -0.2) is 27.5 Å². The first-order valence-electron chi connectivity index (χ1n) is 8.07. The molecule has 0 bridgehead atoms. The number of nitro groups is 1. The van der Waals surface area contributed by atoms with Crippen molar-refractivity contribution in [3.8, 4) is 0 Å². The van der Waals surface area contributed by atoms with Crippen LogP contribution in [0.5, 0.6) is 0 Å². The molecule has 1 aromatic carbocycles. The molecule has 0 radical (unpaired) electrons. The zero-order chi connectivity index (χ0) is 17.1. The summed E-state index contributed by atoms with van der Waals surface area (Å²) < 4.78 is 0. The van der Waals surface area contributed by atoms with Crippen LogP contribution in [0.4, 0.5) is 11.5 Å². The minimum atomic E-state index is -0.354. The van der Waals surface area contributed by atoms with Crippen molar-refractivity contribution in [2.75, 3.05) is 11.4 Å². The van der Waals surface area contributed by atoms with Crippen molar-refractivity contribution in [2.45, 2.75) is 49.1 Å². The molecule has 1 saturated heterocycles. The van der Waals surface area contributed by atoms with E-state index in [9.17, 15) is 10.1 Å². The summed E-state index contributed by atoms with van der Waals surface area (Å²) in [7, 11) is 0. The molecule has 0 amide bonds. The van der Waals surface area contributed by atoms with Gasteiger partial charge in [0.05, 0.1) is 4.92 Å². The average Bonchev–Trinajstić information content (AvgIpc) is 2.57. The summed E-state index contributed by atoms with van der Waals surface area (Å²) in [5, 5.41) is 12.1. The van der Waals surface area contributed by atoms with Gasteiger partial charge in [-0.2, -0.15) is 0 Å². The third kappa shape index (κ3) is 3.51. The van der Waals surface area contributed by atoms with Gasteiger partial charge in [-0.15, -0.1) is 0 Å². The van der Waals surface area contributed by atoms with Crippen LogP contribution in [0.25, 0.3) is 0 Å². The Labute approximate surface area is 145 Å². The van der Waals surface area contributed by atoms with Crippen molar-refractivity contribution in [3.63, 3.8) is 0 Å². The zero-order valence-corrected chi connectivity index (χ0v) is 14.6. The molecule has 0 spiro atoms. The van der Waals surface area contributed by atoms with Gasteiger partial charge in [0.25, 0.3) is 0 Å². The molecule has 2 aromatic rings. The fraction of sp³-hybridized carbons (Fsp3) is 0.412. The molecule has 2 heterocycles. The molecule has 1 atom stereocenters. The Kier molecular flexibility index (Phi) is 4.99. The molecule has 126 valence electrons. The SMILES string of the molecule is Cc1ccc(Sc2ncnc(N3CCCCC3C)c2[N+](=O)[O-])cc1. The molecule has 1 aliphatic rings. The highest BCUT2D eigenvalue weighted by Gasteiger charge is 2.30. The molecule has 1 fully saturated rings. The van der Waals surface area contributed by atoms with Gasteiger partial charge in [-0.3, -0.25) is 10.1 Å². The van der Waals surface area contributed by atoms with Gasteiger partial charge in [0.1, 0.15) is 6.33 Å². The molecule has 3 rings (SSSR count). The van der Waals surface area contributed by atoms with Crippen LogP contribution in [0.1, 0.15) is 31.7 Å². The van der Waals surface area contributed by atoms with Gasteiger partial charge < -0.3 is 4.90 Å². The van der Waals surface area contributed by atoms with Crippen molar-refractivity contribution >= 4 is 23.3 Å². The summed E-state index contributed by atoms with van der Waals surface area (Å²) in [5.74, 6) is 0.441. The maximum Gasteiger partial charge on any atom is 0.343 e. The van der Waals surface area contributed by atoms with E-state index in [1.54, 1.807) is 0 Å². The van der Waals surface area contributed by atoms with E-state index in [2.05, 4.69) is 16.9 Å². The number of anilines is 1. The Morgan fingerprint density at radius 2 is 2.00 bits per heavy atom. The average molecular weight is 344 g/mol. The Hall–Kier alpha value is -2.15. The molecule has 0 aliphatic carbocycles. The first-order valence-corrected chi connectivity index (χ1v) is 8.88. The molecule has 1 aromatic heterocycles.